The predicted molar refractivity (Wildman–Crippen MR) is 113 cm³/mol. The Hall–Kier alpha value is -3.45. The van der Waals surface area contributed by atoms with Crippen molar-refractivity contribution in [1.82, 2.24) is 5.32 Å². The highest BCUT2D eigenvalue weighted by molar-refractivity contribution is 6.23. The molecule has 0 radical (unpaired) electrons. The number of fused-ring (bicyclic) bond motifs is 5. The molecule has 3 amide bonds. The van der Waals surface area contributed by atoms with Crippen LogP contribution in [0.25, 0.3) is 0 Å². The predicted octanol–water partition coefficient (Wildman–Crippen LogP) is 2.25. The van der Waals surface area contributed by atoms with Crippen LogP contribution in [0.2, 0.25) is 0 Å². The molecule has 3 heterocycles. The van der Waals surface area contributed by atoms with Crippen molar-refractivity contribution in [2.75, 3.05) is 18.6 Å². The van der Waals surface area contributed by atoms with Crippen LogP contribution in [0.4, 0.5) is 5.69 Å². The van der Waals surface area contributed by atoms with Crippen LogP contribution in [0.15, 0.2) is 60.7 Å². The average Bonchev–Trinajstić information content (AvgIpc) is 3.43. The molecule has 1 N–H and O–H groups in total. The van der Waals surface area contributed by atoms with Gasteiger partial charge in [-0.15, -0.1) is 0 Å². The van der Waals surface area contributed by atoms with Crippen LogP contribution in [-0.4, -0.2) is 43.1 Å². The molecule has 2 saturated heterocycles. The Balaban J connectivity index is 1.38. The summed E-state index contributed by atoms with van der Waals surface area (Å²) in [5.74, 6) is -1.39. The number of imide groups is 1. The van der Waals surface area contributed by atoms with E-state index in [0.717, 1.165) is 5.56 Å². The van der Waals surface area contributed by atoms with E-state index in [1.54, 1.807) is 37.4 Å². The second-order valence-corrected chi connectivity index (χ2v) is 8.11. The standard InChI is InChI=1S/C24H22N2O5/c1-14-5-3-4-6-17(14)26-22(28)19-18-11-12-24(31-18,20(19)23(26)29)13-25-21(27)15-7-9-16(30-2)10-8-15/h3-12,18-20H,13H2,1-2H3,(H,25,27)/t18-,19-,20-,24-/m1/s1. The maximum Gasteiger partial charge on any atom is 0.251 e. The monoisotopic (exact) mass is 418 g/mol. The molecule has 158 valence electrons. The number of hydrogen-bond donors (Lipinski definition) is 1. The van der Waals surface area contributed by atoms with E-state index >= 15 is 0 Å². The zero-order valence-electron chi connectivity index (χ0n) is 17.2. The largest absolute Gasteiger partial charge is 0.497 e. The molecule has 2 aromatic rings. The minimum absolute atomic E-state index is 0.104. The van der Waals surface area contributed by atoms with Gasteiger partial charge in [-0.1, -0.05) is 30.4 Å². The van der Waals surface area contributed by atoms with Gasteiger partial charge < -0.3 is 14.8 Å². The van der Waals surface area contributed by atoms with E-state index < -0.39 is 23.5 Å². The number of methoxy groups -OCH3 is 1. The minimum Gasteiger partial charge on any atom is -0.497 e. The molecule has 3 aliphatic heterocycles. The fourth-order valence-corrected chi connectivity index (χ4v) is 4.82. The SMILES string of the molecule is COc1ccc(C(=O)NC[C@@]23C=C[C@@H](O2)[C@H]2C(=O)N(c4ccccc4C)C(=O)[C@@H]23)cc1. The number of benzene rings is 2. The molecule has 0 aliphatic carbocycles. The smallest absolute Gasteiger partial charge is 0.251 e. The number of nitrogens with zero attached hydrogens (tertiary/aromatic N) is 1. The zero-order valence-corrected chi connectivity index (χ0v) is 17.2. The normalized spacial score (nSPS) is 28.2. The van der Waals surface area contributed by atoms with Crippen molar-refractivity contribution in [2.45, 2.75) is 18.6 Å². The van der Waals surface area contributed by atoms with E-state index in [4.69, 9.17) is 9.47 Å². The van der Waals surface area contributed by atoms with Gasteiger partial charge in [0.1, 0.15) is 11.4 Å². The van der Waals surface area contributed by atoms with E-state index in [1.807, 2.05) is 37.3 Å². The average molecular weight is 418 g/mol. The zero-order chi connectivity index (χ0) is 21.8. The Kier molecular flexibility index (Phi) is 4.44. The molecule has 5 rings (SSSR count). The second kappa shape index (κ2) is 7.06. The van der Waals surface area contributed by atoms with Crippen molar-refractivity contribution in [1.29, 1.82) is 0 Å². The van der Waals surface area contributed by atoms with Gasteiger partial charge in [0, 0.05) is 5.56 Å². The number of ether oxygens (including phenoxy) is 2. The van der Waals surface area contributed by atoms with Gasteiger partial charge in [-0.25, -0.2) is 4.90 Å². The van der Waals surface area contributed by atoms with Crippen LogP contribution >= 0.6 is 0 Å². The Morgan fingerprint density at radius 3 is 2.58 bits per heavy atom. The molecule has 0 aromatic heterocycles. The lowest BCUT2D eigenvalue weighted by molar-refractivity contribution is -0.126. The summed E-state index contributed by atoms with van der Waals surface area (Å²) in [6.07, 6.45) is 3.18. The molecule has 0 unspecified atom stereocenters. The number of rotatable bonds is 5. The van der Waals surface area contributed by atoms with Gasteiger partial charge in [-0.05, 0) is 42.8 Å². The van der Waals surface area contributed by atoms with Crippen molar-refractivity contribution in [3.05, 3.63) is 71.8 Å². The van der Waals surface area contributed by atoms with Crippen LogP contribution < -0.4 is 15.0 Å². The van der Waals surface area contributed by atoms with Gasteiger partial charge in [0.15, 0.2) is 0 Å². The molecule has 2 aromatic carbocycles. The van der Waals surface area contributed by atoms with Gasteiger partial charge in [-0.2, -0.15) is 0 Å². The summed E-state index contributed by atoms with van der Waals surface area (Å²) in [5.41, 5.74) is 0.901. The minimum atomic E-state index is -1.03. The third-order valence-corrected chi connectivity index (χ3v) is 6.39. The third-order valence-electron chi connectivity index (χ3n) is 6.39. The first-order valence-electron chi connectivity index (χ1n) is 10.2. The van der Waals surface area contributed by atoms with E-state index in [0.29, 0.717) is 17.0 Å². The maximum absolute atomic E-state index is 13.4. The number of carbonyl (C=O) groups excluding carboxylic acids is 3. The van der Waals surface area contributed by atoms with Crippen LogP contribution in [-0.2, 0) is 14.3 Å². The second-order valence-electron chi connectivity index (χ2n) is 8.11. The fraction of sp³-hybridized carbons (Fsp3) is 0.292. The lowest BCUT2D eigenvalue weighted by atomic mass is 9.77. The number of para-hydroxylation sites is 1. The van der Waals surface area contributed by atoms with Gasteiger partial charge in [-0.3, -0.25) is 14.4 Å². The van der Waals surface area contributed by atoms with Crippen molar-refractivity contribution in [2.24, 2.45) is 11.8 Å². The van der Waals surface area contributed by atoms with Crippen molar-refractivity contribution in [3.8, 4) is 5.75 Å². The summed E-state index contributed by atoms with van der Waals surface area (Å²) < 4.78 is 11.2. The summed E-state index contributed by atoms with van der Waals surface area (Å²) in [7, 11) is 1.56. The molecule has 4 atom stereocenters. The maximum atomic E-state index is 13.4. The van der Waals surface area contributed by atoms with Crippen molar-refractivity contribution < 1.29 is 23.9 Å². The van der Waals surface area contributed by atoms with Gasteiger partial charge >= 0.3 is 0 Å². The topological polar surface area (TPSA) is 84.9 Å². The molecule has 7 heteroatoms. The molecular formula is C24H22N2O5. The molecule has 3 aliphatic rings. The first-order valence-corrected chi connectivity index (χ1v) is 10.2. The summed E-state index contributed by atoms with van der Waals surface area (Å²) in [5, 5.41) is 2.87. The van der Waals surface area contributed by atoms with E-state index in [-0.39, 0.29) is 24.3 Å². The van der Waals surface area contributed by atoms with Gasteiger partial charge in [0.05, 0.1) is 37.3 Å². The summed E-state index contributed by atoms with van der Waals surface area (Å²) in [6.45, 7) is 1.98. The highest BCUT2D eigenvalue weighted by atomic mass is 16.5. The number of amides is 3. The van der Waals surface area contributed by atoms with Gasteiger partial charge in [0.2, 0.25) is 11.8 Å². The molecular weight excluding hydrogens is 396 g/mol. The van der Waals surface area contributed by atoms with Crippen LogP contribution in [0, 0.1) is 18.8 Å². The number of anilines is 1. The van der Waals surface area contributed by atoms with Crippen molar-refractivity contribution in [3.63, 3.8) is 0 Å². The van der Waals surface area contributed by atoms with Crippen molar-refractivity contribution >= 4 is 23.4 Å². The quantitative estimate of drug-likeness (QED) is 0.595. The first kappa shape index (κ1) is 19.5. The molecule has 2 bridgehead atoms. The third kappa shape index (κ3) is 2.88. The van der Waals surface area contributed by atoms with Crippen LogP contribution in [0.5, 0.6) is 5.75 Å². The number of nitrogens with one attached hydrogen (secondary N) is 1. The Morgan fingerprint density at radius 2 is 1.87 bits per heavy atom. The summed E-state index contributed by atoms with van der Waals surface area (Å²) in [6, 6.07) is 14.1. The number of carbonyl (C=O) groups is 3. The lowest BCUT2D eigenvalue weighted by Crippen LogP contribution is -2.48. The summed E-state index contributed by atoms with van der Waals surface area (Å²) in [4.78, 5) is 40.5. The molecule has 0 saturated carbocycles. The van der Waals surface area contributed by atoms with E-state index in [9.17, 15) is 14.4 Å². The van der Waals surface area contributed by atoms with E-state index in [1.165, 1.54) is 4.90 Å². The Bertz CT molecular complexity index is 1110. The molecule has 31 heavy (non-hydrogen) atoms. The Morgan fingerprint density at radius 1 is 1.13 bits per heavy atom. The van der Waals surface area contributed by atoms with Gasteiger partial charge in [0.25, 0.3) is 5.91 Å². The Labute approximate surface area is 179 Å². The highest BCUT2D eigenvalue weighted by Gasteiger charge is 2.67. The number of hydrogen-bond acceptors (Lipinski definition) is 5. The highest BCUT2D eigenvalue weighted by Crippen LogP contribution is 2.52. The molecule has 2 fully saturated rings. The van der Waals surface area contributed by atoms with Crippen LogP contribution in [0.1, 0.15) is 15.9 Å². The lowest BCUT2D eigenvalue weighted by Gasteiger charge is -2.29. The number of aryl methyl sites for hydroxylation is 1. The fourth-order valence-electron chi connectivity index (χ4n) is 4.82. The van der Waals surface area contributed by atoms with Crippen LogP contribution in [0.3, 0.4) is 0 Å². The molecule has 0 spiro atoms. The summed E-state index contributed by atoms with van der Waals surface area (Å²) >= 11 is 0. The first-order chi connectivity index (χ1) is 14.9. The van der Waals surface area contributed by atoms with E-state index in [2.05, 4.69) is 5.32 Å². The molecule has 7 nitrogen and oxygen atoms in total.